The van der Waals surface area contributed by atoms with Crippen LogP contribution in [0.25, 0.3) is 0 Å². The SMILES string of the molecule is CN(C)c1ccc(Br)cc1NC(=O)c1ccc(Cl)cc1Br. The summed E-state index contributed by atoms with van der Waals surface area (Å²) in [4.78, 5) is 14.4. The Morgan fingerprint density at radius 3 is 2.48 bits per heavy atom. The van der Waals surface area contributed by atoms with Crippen molar-refractivity contribution < 1.29 is 4.79 Å². The zero-order valence-corrected chi connectivity index (χ0v) is 15.4. The Kier molecular flexibility index (Phi) is 5.30. The molecule has 0 aliphatic rings. The molecule has 0 radical (unpaired) electrons. The second-order valence-electron chi connectivity index (χ2n) is 4.63. The quantitative estimate of drug-likeness (QED) is 0.725. The van der Waals surface area contributed by atoms with Crippen molar-refractivity contribution >= 4 is 60.7 Å². The highest BCUT2D eigenvalue weighted by Gasteiger charge is 2.13. The van der Waals surface area contributed by atoms with Gasteiger partial charge in [0.05, 0.1) is 16.9 Å². The maximum atomic E-state index is 12.4. The minimum Gasteiger partial charge on any atom is -0.376 e. The smallest absolute Gasteiger partial charge is 0.256 e. The molecule has 2 aromatic carbocycles. The number of benzene rings is 2. The molecule has 3 nitrogen and oxygen atoms in total. The van der Waals surface area contributed by atoms with Crippen LogP contribution in [0.4, 0.5) is 11.4 Å². The summed E-state index contributed by atoms with van der Waals surface area (Å²) in [5.41, 5.74) is 2.20. The molecule has 0 saturated heterocycles. The molecule has 0 aliphatic heterocycles. The Morgan fingerprint density at radius 1 is 1.14 bits per heavy atom. The Balaban J connectivity index is 2.33. The predicted molar refractivity (Wildman–Crippen MR) is 95.6 cm³/mol. The van der Waals surface area contributed by atoms with E-state index < -0.39 is 0 Å². The Hall–Kier alpha value is -1.04. The molecular weight excluding hydrogens is 419 g/mol. The second-order valence-corrected chi connectivity index (χ2v) is 6.84. The van der Waals surface area contributed by atoms with Crippen molar-refractivity contribution in [3.05, 3.63) is 55.9 Å². The molecule has 0 spiro atoms. The van der Waals surface area contributed by atoms with E-state index in [-0.39, 0.29) is 5.91 Å². The van der Waals surface area contributed by atoms with E-state index in [9.17, 15) is 4.79 Å². The van der Waals surface area contributed by atoms with Crippen LogP contribution in [0.2, 0.25) is 5.02 Å². The van der Waals surface area contributed by atoms with Crippen LogP contribution >= 0.6 is 43.5 Å². The van der Waals surface area contributed by atoms with Crippen LogP contribution in [0.3, 0.4) is 0 Å². The summed E-state index contributed by atoms with van der Waals surface area (Å²) in [7, 11) is 3.86. The molecule has 110 valence electrons. The monoisotopic (exact) mass is 430 g/mol. The lowest BCUT2D eigenvalue weighted by Gasteiger charge is -2.18. The molecule has 0 unspecified atom stereocenters. The lowest BCUT2D eigenvalue weighted by atomic mass is 10.2. The van der Waals surface area contributed by atoms with E-state index in [2.05, 4.69) is 37.2 Å². The summed E-state index contributed by atoms with van der Waals surface area (Å²) in [5.74, 6) is -0.195. The van der Waals surface area contributed by atoms with Crippen LogP contribution < -0.4 is 10.2 Å². The summed E-state index contributed by atoms with van der Waals surface area (Å²) in [6.07, 6.45) is 0. The van der Waals surface area contributed by atoms with Crippen LogP contribution in [0, 0.1) is 0 Å². The fourth-order valence-electron chi connectivity index (χ4n) is 1.86. The van der Waals surface area contributed by atoms with E-state index in [4.69, 9.17) is 11.6 Å². The largest absolute Gasteiger partial charge is 0.376 e. The van der Waals surface area contributed by atoms with Crippen molar-refractivity contribution in [1.82, 2.24) is 0 Å². The fourth-order valence-corrected chi connectivity index (χ4v) is 3.09. The molecule has 0 atom stereocenters. The van der Waals surface area contributed by atoms with Crippen molar-refractivity contribution in [2.45, 2.75) is 0 Å². The average molecular weight is 433 g/mol. The number of amides is 1. The van der Waals surface area contributed by atoms with Crippen molar-refractivity contribution in [3.8, 4) is 0 Å². The molecule has 2 aromatic rings. The van der Waals surface area contributed by atoms with Gasteiger partial charge in [0.1, 0.15) is 0 Å². The zero-order chi connectivity index (χ0) is 15.6. The van der Waals surface area contributed by atoms with Gasteiger partial charge in [-0.25, -0.2) is 0 Å². The van der Waals surface area contributed by atoms with E-state index in [1.807, 2.05) is 37.2 Å². The highest BCUT2D eigenvalue weighted by molar-refractivity contribution is 9.10. The number of hydrogen-bond donors (Lipinski definition) is 1. The van der Waals surface area contributed by atoms with Crippen LogP contribution in [0.15, 0.2) is 45.3 Å². The van der Waals surface area contributed by atoms with Gasteiger partial charge in [-0.2, -0.15) is 0 Å². The van der Waals surface area contributed by atoms with Gasteiger partial charge in [-0.1, -0.05) is 27.5 Å². The van der Waals surface area contributed by atoms with Gasteiger partial charge in [-0.15, -0.1) is 0 Å². The maximum Gasteiger partial charge on any atom is 0.256 e. The van der Waals surface area contributed by atoms with Crippen LogP contribution in [-0.4, -0.2) is 20.0 Å². The molecule has 2 rings (SSSR count). The van der Waals surface area contributed by atoms with E-state index in [1.165, 1.54) is 0 Å². The van der Waals surface area contributed by atoms with Gasteiger partial charge < -0.3 is 10.2 Å². The minimum atomic E-state index is -0.195. The first-order valence-electron chi connectivity index (χ1n) is 6.12. The number of rotatable bonds is 3. The molecule has 1 N–H and O–H groups in total. The average Bonchev–Trinajstić information content (AvgIpc) is 2.37. The summed E-state index contributed by atoms with van der Waals surface area (Å²) in [6, 6.07) is 10.8. The highest BCUT2D eigenvalue weighted by Crippen LogP contribution is 2.29. The third-order valence-corrected chi connectivity index (χ3v) is 4.25. The van der Waals surface area contributed by atoms with Crippen molar-refractivity contribution in [2.75, 3.05) is 24.3 Å². The summed E-state index contributed by atoms with van der Waals surface area (Å²) in [6.45, 7) is 0. The van der Waals surface area contributed by atoms with Crippen LogP contribution in [-0.2, 0) is 0 Å². The lowest BCUT2D eigenvalue weighted by molar-refractivity contribution is 0.102. The Labute approximate surface area is 145 Å². The number of nitrogens with zero attached hydrogens (tertiary/aromatic N) is 1. The first-order chi connectivity index (χ1) is 9.88. The summed E-state index contributed by atoms with van der Waals surface area (Å²) >= 11 is 12.7. The van der Waals surface area contributed by atoms with Gasteiger partial charge in [0.25, 0.3) is 5.91 Å². The third kappa shape index (κ3) is 3.99. The molecular formula is C15H13Br2ClN2O. The van der Waals surface area contributed by atoms with Crippen LogP contribution in [0.5, 0.6) is 0 Å². The first-order valence-corrected chi connectivity index (χ1v) is 8.08. The number of carbonyl (C=O) groups is 1. The summed E-state index contributed by atoms with van der Waals surface area (Å²) in [5, 5.41) is 3.50. The molecule has 6 heteroatoms. The maximum absolute atomic E-state index is 12.4. The van der Waals surface area contributed by atoms with Crippen LogP contribution in [0.1, 0.15) is 10.4 Å². The number of hydrogen-bond acceptors (Lipinski definition) is 2. The van der Waals surface area contributed by atoms with Gasteiger partial charge >= 0.3 is 0 Å². The minimum absolute atomic E-state index is 0.195. The molecule has 0 aliphatic carbocycles. The molecule has 0 fully saturated rings. The normalized spacial score (nSPS) is 10.3. The third-order valence-electron chi connectivity index (χ3n) is 2.86. The van der Waals surface area contributed by atoms with E-state index in [0.717, 1.165) is 15.8 Å². The fraction of sp³-hybridized carbons (Fsp3) is 0.133. The Bertz CT molecular complexity index is 689. The second kappa shape index (κ2) is 6.81. The number of nitrogens with one attached hydrogen (secondary N) is 1. The van der Waals surface area contributed by atoms with Gasteiger partial charge in [0, 0.05) is 28.1 Å². The zero-order valence-electron chi connectivity index (χ0n) is 11.5. The summed E-state index contributed by atoms with van der Waals surface area (Å²) < 4.78 is 1.56. The molecule has 0 saturated carbocycles. The van der Waals surface area contributed by atoms with Gasteiger partial charge in [-0.3, -0.25) is 4.79 Å². The lowest BCUT2D eigenvalue weighted by Crippen LogP contribution is -2.17. The molecule has 0 bridgehead atoms. The van der Waals surface area contributed by atoms with Gasteiger partial charge in [0.15, 0.2) is 0 Å². The van der Waals surface area contributed by atoms with E-state index in [0.29, 0.717) is 15.1 Å². The van der Waals surface area contributed by atoms with Gasteiger partial charge in [-0.05, 0) is 52.3 Å². The number of halogens is 3. The predicted octanol–water partition coefficient (Wildman–Crippen LogP) is 5.18. The van der Waals surface area contributed by atoms with Crippen molar-refractivity contribution in [1.29, 1.82) is 0 Å². The van der Waals surface area contributed by atoms with E-state index >= 15 is 0 Å². The molecule has 1 amide bonds. The topological polar surface area (TPSA) is 32.3 Å². The number of anilines is 2. The number of carbonyl (C=O) groups excluding carboxylic acids is 1. The van der Waals surface area contributed by atoms with Crippen molar-refractivity contribution in [3.63, 3.8) is 0 Å². The van der Waals surface area contributed by atoms with Crippen molar-refractivity contribution in [2.24, 2.45) is 0 Å². The Morgan fingerprint density at radius 2 is 1.86 bits per heavy atom. The molecule has 0 aromatic heterocycles. The first kappa shape index (κ1) is 16.3. The highest BCUT2D eigenvalue weighted by atomic mass is 79.9. The van der Waals surface area contributed by atoms with Gasteiger partial charge in [0.2, 0.25) is 0 Å². The van der Waals surface area contributed by atoms with E-state index in [1.54, 1.807) is 18.2 Å². The molecule has 21 heavy (non-hydrogen) atoms. The molecule has 0 heterocycles. The standard InChI is InChI=1S/C15H13Br2ClN2O/c1-20(2)14-6-3-9(16)7-13(14)19-15(21)11-5-4-10(18)8-12(11)17/h3-8H,1-2H3,(H,19,21).